The van der Waals surface area contributed by atoms with Crippen LogP contribution in [0.15, 0.2) is 30.3 Å². The van der Waals surface area contributed by atoms with Crippen molar-refractivity contribution in [2.24, 2.45) is 5.92 Å². The zero-order valence-electron chi connectivity index (χ0n) is 13.2. The van der Waals surface area contributed by atoms with Gasteiger partial charge in [0.2, 0.25) is 0 Å². The molecule has 1 saturated heterocycles. The van der Waals surface area contributed by atoms with E-state index in [-0.39, 0.29) is 6.09 Å². The number of carbonyl (C=O) groups is 1. The third-order valence-corrected chi connectivity index (χ3v) is 3.65. The fraction of sp³-hybridized carbons (Fsp3) is 0.588. The topological polar surface area (TPSA) is 50.4 Å². The minimum Gasteiger partial charge on any atom is -0.444 e. The predicted molar refractivity (Wildman–Crippen MR) is 84.1 cm³/mol. The molecule has 1 heterocycles. The lowest BCUT2D eigenvalue weighted by Crippen LogP contribution is -2.41. The second kappa shape index (κ2) is 6.94. The molecule has 4 nitrogen and oxygen atoms in total. The summed E-state index contributed by atoms with van der Waals surface area (Å²) in [4.78, 5) is 11.6. The van der Waals surface area contributed by atoms with Gasteiger partial charge >= 0.3 is 6.09 Å². The molecule has 0 bridgehead atoms. The Morgan fingerprint density at radius 2 is 2.00 bits per heavy atom. The van der Waals surface area contributed by atoms with Gasteiger partial charge in [0.25, 0.3) is 0 Å². The number of hydrogen-bond acceptors (Lipinski definition) is 3. The number of amides is 1. The highest BCUT2D eigenvalue weighted by Crippen LogP contribution is 2.25. The highest BCUT2D eigenvalue weighted by atomic mass is 16.6. The number of alkyl carbamates (subject to hydrolysis) is 1. The lowest BCUT2D eigenvalue weighted by atomic mass is 9.91. The van der Waals surface area contributed by atoms with Crippen LogP contribution in [0.5, 0.6) is 0 Å². The lowest BCUT2D eigenvalue weighted by Gasteiger charge is -2.30. The van der Waals surface area contributed by atoms with E-state index in [1.165, 1.54) is 5.56 Å². The fourth-order valence-corrected chi connectivity index (χ4v) is 2.60. The first-order valence-electron chi connectivity index (χ1n) is 7.69. The SMILES string of the molecule is CC(C)(C)OC(=O)NCC1CCC(c2ccccc2)NC1. The molecule has 21 heavy (non-hydrogen) atoms. The second-order valence-corrected chi connectivity index (χ2v) is 6.70. The van der Waals surface area contributed by atoms with Crippen molar-refractivity contribution in [1.29, 1.82) is 0 Å². The van der Waals surface area contributed by atoms with Crippen molar-refractivity contribution in [2.75, 3.05) is 13.1 Å². The van der Waals surface area contributed by atoms with E-state index < -0.39 is 5.60 Å². The van der Waals surface area contributed by atoms with Crippen molar-refractivity contribution in [3.05, 3.63) is 35.9 Å². The Balaban J connectivity index is 1.71. The third kappa shape index (κ3) is 5.38. The van der Waals surface area contributed by atoms with Crippen molar-refractivity contribution >= 4 is 6.09 Å². The highest BCUT2D eigenvalue weighted by molar-refractivity contribution is 5.67. The molecule has 1 aliphatic heterocycles. The van der Waals surface area contributed by atoms with Crippen molar-refractivity contribution < 1.29 is 9.53 Å². The molecule has 2 rings (SSSR count). The predicted octanol–water partition coefficient (Wildman–Crippen LogP) is 3.25. The Morgan fingerprint density at radius 1 is 1.29 bits per heavy atom. The van der Waals surface area contributed by atoms with Crippen molar-refractivity contribution in [3.63, 3.8) is 0 Å². The molecule has 1 amide bonds. The summed E-state index contributed by atoms with van der Waals surface area (Å²) in [5.41, 5.74) is 0.906. The lowest BCUT2D eigenvalue weighted by molar-refractivity contribution is 0.0515. The van der Waals surface area contributed by atoms with Crippen LogP contribution in [0.4, 0.5) is 4.79 Å². The summed E-state index contributed by atoms with van der Waals surface area (Å²) in [7, 11) is 0. The van der Waals surface area contributed by atoms with Crippen molar-refractivity contribution in [3.8, 4) is 0 Å². The number of rotatable bonds is 3. The van der Waals surface area contributed by atoms with Gasteiger partial charge in [0.05, 0.1) is 0 Å². The summed E-state index contributed by atoms with van der Waals surface area (Å²) in [6.45, 7) is 7.22. The van der Waals surface area contributed by atoms with E-state index in [9.17, 15) is 4.79 Å². The summed E-state index contributed by atoms with van der Waals surface area (Å²) in [5, 5.41) is 6.43. The zero-order valence-corrected chi connectivity index (χ0v) is 13.2. The van der Waals surface area contributed by atoms with Gasteiger partial charge in [-0.2, -0.15) is 0 Å². The Hall–Kier alpha value is -1.55. The molecule has 1 aromatic carbocycles. The molecule has 1 fully saturated rings. The van der Waals surface area contributed by atoms with Gasteiger partial charge in [-0.05, 0) is 45.1 Å². The van der Waals surface area contributed by atoms with Crippen LogP contribution in [-0.2, 0) is 4.74 Å². The Bertz CT molecular complexity index is 446. The number of benzene rings is 1. The van der Waals surface area contributed by atoms with Gasteiger partial charge in [0, 0.05) is 19.1 Å². The van der Waals surface area contributed by atoms with Gasteiger partial charge in [-0.25, -0.2) is 4.79 Å². The van der Waals surface area contributed by atoms with Crippen LogP contribution in [-0.4, -0.2) is 24.8 Å². The second-order valence-electron chi connectivity index (χ2n) is 6.70. The van der Waals surface area contributed by atoms with Gasteiger partial charge in [-0.15, -0.1) is 0 Å². The van der Waals surface area contributed by atoms with Gasteiger partial charge < -0.3 is 15.4 Å². The van der Waals surface area contributed by atoms with Crippen LogP contribution in [0.1, 0.15) is 45.2 Å². The molecule has 2 atom stereocenters. The van der Waals surface area contributed by atoms with Crippen LogP contribution >= 0.6 is 0 Å². The van der Waals surface area contributed by atoms with E-state index in [1.807, 2.05) is 26.8 Å². The van der Waals surface area contributed by atoms with Crippen LogP contribution in [0.2, 0.25) is 0 Å². The first-order chi connectivity index (χ1) is 9.94. The van der Waals surface area contributed by atoms with E-state index in [0.29, 0.717) is 18.5 Å². The molecule has 0 saturated carbocycles. The molecule has 2 N–H and O–H groups in total. The summed E-state index contributed by atoms with van der Waals surface area (Å²) in [5.74, 6) is 0.470. The summed E-state index contributed by atoms with van der Waals surface area (Å²) in [6.07, 6.45) is 1.89. The Labute approximate surface area is 127 Å². The number of ether oxygens (including phenoxy) is 1. The normalized spacial score (nSPS) is 22.6. The smallest absolute Gasteiger partial charge is 0.407 e. The number of carbonyl (C=O) groups excluding carboxylic acids is 1. The first kappa shape index (κ1) is 15.8. The van der Waals surface area contributed by atoms with Gasteiger partial charge in [0.1, 0.15) is 5.60 Å². The Morgan fingerprint density at radius 3 is 2.57 bits per heavy atom. The van der Waals surface area contributed by atoms with Crippen LogP contribution < -0.4 is 10.6 Å². The van der Waals surface area contributed by atoms with Gasteiger partial charge in [-0.1, -0.05) is 30.3 Å². The summed E-state index contributed by atoms with van der Waals surface area (Å²) >= 11 is 0. The molecule has 4 heteroatoms. The monoisotopic (exact) mass is 290 g/mol. The van der Waals surface area contributed by atoms with E-state index >= 15 is 0 Å². The maximum absolute atomic E-state index is 11.6. The van der Waals surface area contributed by atoms with E-state index in [0.717, 1.165) is 19.4 Å². The maximum atomic E-state index is 11.6. The van der Waals surface area contributed by atoms with E-state index in [2.05, 4.69) is 34.9 Å². The maximum Gasteiger partial charge on any atom is 0.407 e. The molecule has 1 aliphatic rings. The molecule has 2 unspecified atom stereocenters. The first-order valence-corrected chi connectivity index (χ1v) is 7.69. The zero-order chi connectivity index (χ0) is 15.3. The summed E-state index contributed by atoms with van der Waals surface area (Å²) < 4.78 is 5.25. The minimum absolute atomic E-state index is 0.326. The molecule has 0 aromatic heterocycles. The van der Waals surface area contributed by atoms with Crippen molar-refractivity contribution in [2.45, 2.75) is 45.3 Å². The molecule has 116 valence electrons. The highest BCUT2D eigenvalue weighted by Gasteiger charge is 2.23. The Kier molecular flexibility index (Phi) is 5.23. The van der Waals surface area contributed by atoms with Gasteiger partial charge in [0.15, 0.2) is 0 Å². The minimum atomic E-state index is -0.437. The fourth-order valence-electron chi connectivity index (χ4n) is 2.60. The van der Waals surface area contributed by atoms with Gasteiger partial charge in [-0.3, -0.25) is 0 Å². The van der Waals surface area contributed by atoms with E-state index in [4.69, 9.17) is 4.74 Å². The summed E-state index contributed by atoms with van der Waals surface area (Å²) in [6, 6.07) is 11.0. The number of piperidine rings is 1. The van der Waals surface area contributed by atoms with E-state index in [1.54, 1.807) is 0 Å². The average Bonchev–Trinajstić information content (AvgIpc) is 2.45. The van der Waals surface area contributed by atoms with Crippen molar-refractivity contribution in [1.82, 2.24) is 10.6 Å². The largest absolute Gasteiger partial charge is 0.444 e. The van der Waals surface area contributed by atoms with Crippen LogP contribution in [0.3, 0.4) is 0 Å². The third-order valence-electron chi connectivity index (χ3n) is 3.65. The molecule has 0 radical (unpaired) electrons. The standard InChI is InChI=1S/C17H26N2O2/c1-17(2,3)21-16(20)19-12-13-9-10-15(18-11-13)14-7-5-4-6-8-14/h4-8,13,15,18H,9-12H2,1-3H3,(H,19,20). The molecule has 0 spiro atoms. The molecular weight excluding hydrogens is 264 g/mol. The number of nitrogens with one attached hydrogen (secondary N) is 2. The molecular formula is C17H26N2O2. The quantitative estimate of drug-likeness (QED) is 0.898. The van der Waals surface area contributed by atoms with Crippen LogP contribution in [0, 0.1) is 5.92 Å². The van der Waals surface area contributed by atoms with Crippen LogP contribution in [0.25, 0.3) is 0 Å². The molecule has 0 aliphatic carbocycles. The number of hydrogen-bond donors (Lipinski definition) is 2. The average molecular weight is 290 g/mol. The molecule has 1 aromatic rings.